The van der Waals surface area contributed by atoms with Gasteiger partial charge in [0.05, 0.1) is 7.11 Å². The van der Waals surface area contributed by atoms with Crippen LogP contribution in [0.1, 0.15) is 102 Å². The maximum Gasteiger partial charge on any atom is 0.220 e. The minimum absolute atomic E-state index is 0.0701. The van der Waals surface area contributed by atoms with Crippen molar-refractivity contribution in [3.05, 3.63) is 35.9 Å². The molecule has 2 N–H and O–H groups in total. The van der Waals surface area contributed by atoms with Crippen molar-refractivity contribution >= 4 is 5.91 Å². The van der Waals surface area contributed by atoms with E-state index in [1.54, 1.807) is 18.2 Å². The molecule has 0 bridgehead atoms. The normalized spacial score (nSPS) is 11.1. The van der Waals surface area contributed by atoms with E-state index < -0.39 is 0 Å². The second kappa shape index (κ2) is 17.9. The smallest absolute Gasteiger partial charge is 0.220 e. The van der Waals surface area contributed by atoms with Gasteiger partial charge >= 0.3 is 0 Å². The fraction of sp³-hybridized carbons (Fsp3) is 0.654. The van der Waals surface area contributed by atoms with Crippen LogP contribution in [0.4, 0.5) is 0 Å². The highest BCUT2D eigenvalue weighted by molar-refractivity contribution is 5.75. The Morgan fingerprint density at radius 3 is 2.17 bits per heavy atom. The molecule has 1 aromatic carbocycles. The molecule has 0 aliphatic heterocycles. The Kier molecular flexibility index (Phi) is 15.5. The number of benzene rings is 1. The fourth-order valence-corrected chi connectivity index (χ4v) is 3.48. The second-order valence-electron chi connectivity index (χ2n) is 8.12. The summed E-state index contributed by atoms with van der Waals surface area (Å²) < 4.78 is 5.08. The van der Waals surface area contributed by atoms with Gasteiger partial charge in [-0.2, -0.15) is 0 Å². The van der Waals surface area contributed by atoms with Gasteiger partial charge < -0.3 is 15.2 Å². The lowest BCUT2D eigenvalue weighted by molar-refractivity contribution is -0.121. The second-order valence-corrected chi connectivity index (χ2v) is 8.12. The van der Waals surface area contributed by atoms with Crippen molar-refractivity contribution in [3.8, 4) is 11.5 Å². The number of hydrogen-bond donors (Lipinski definition) is 2. The molecule has 0 aliphatic rings. The maximum absolute atomic E-state index is 12.0. The number of methoxy groups -OCH3 is 1. The summed E-state index contributed by atoms with van der Waals surface area (Å²) in [6, 6.07) is 5.12. The summed E-state index contributed by atoms with van der Waals surface area (Å²) in [4.78, 5) is 12.0. The maximum atomic E-state index is 12.0. The zero-order valence-electron chi connectivity index (χ0n) is 19.3. The summed E-state index contributed by atoms with van der Waals surface area (Å²) >= 11 is 0. The van der Waals surface area contributed by atoms with E-state index in [-0.39, 0.29) is 11.7 Å². The molecule has 1 aromatic rings. The lowest BCUT2D eigenvalue weighted by atomic mass is 10.1. The number of carbonyl (C=O) groups excluding carboxylic acids is 1. The molecule has 1 rings (SSSR count). The SMILES string of the molecule is CCCCCCCCCCCC=CCCCCC(=O)NCc1ccc(O)c(OC)c1. The number of amides is 1. The van der Waals surface area contributed by atoms with E-state index in [0.717, 1.165) is 24.8 Å². The van der Waals surface area contributed by atoms with Crippen molar-refractivity contribution in [2.24, 2.45) is 0 Å². The molecule has 1 amide bonds. The molecule has 0 atom stereocenters. The Bertz CT molecular complexity index is 598. The number of carbonyl (C=O) groups is 1. The van der Waals surface area contributed by atoms with Gasteiger partial charge in [0.1, 0.15) is 0 Å². The Morgan fingerprint density at radius 2 is 1.53 bits per heavy atom. The van der Waals surface area contributed by atoms with E-state index in [1.807, 2.05) is 0 Å². The van der Waals surface area contributed by atoms with Crippen LogP contribution in [0, 0.1) is 0 Å². The summed E-state index contributed by atoms with van der Waals surface area (Å²) in [6.45, 7) is 2.72. The number of unbranched alkanes of at least 4 members (excludes halogenated alkanes) is 11. The molecule has 170 valence electrons. The van der Waals surface area contributed by atoms with Gasteiger partial charge in [-0.3, -0.25) is 4.79 Å². The number of rotatable bonds is 18. The molecule has 0 saturated carbocycles. The minimum Gasteiger partial charge on any atom is -0.504 e. The lowest BCUT2D eigenvalue weighted by Gasteiger charge is -2.08. The molecular weight excluding hydrogens is 374 g/mol. The summed E-state index contributed by atoms with van der Waals surface area (Å²) in [5.74, 6) is 0.607. The Morgan fingerprint density at radius 1 is 0.933 bits per heavy atom. The number of ether oxygens (including phenoxy) is 1. The van der Waals surface area contributed by atoms with Crippen LogP contribution in [-0.2, 0) is 11.3 Å². The first-order chi connectivity index (χ1) is 14.7. The number of phenolic OH excluding ortho intramolecular Hbond substituents is 1. The topological polar surface area (TPSA) is 58.6 Å². The Labute approximate surface area is 184 Å². The summed E-state index contributed by atoms with van der Waals surface area (Å²) in [5, 5.41) is 12.5. The van der Waals surface area contributed by atoms with Gasteiger partial charge in [0.25, 0.3) is 0 Å². The summed E-state index contributed by atoms with van der Waals surface area (Å²) in [7, 11) is 1.52. The number of allylic oxidation sites excluding steroid dienone is 2. The largest absolute Gasteiger partial charge is 0.504 e. The van der Waals surface area contributed by atoms with E-state index in [0.29, 0.717) is 18.7 Å². The van der Waals surface area contributed by atoms with Crippen LogP contribution in [0.15, 0.2) is 30.4 Å². The first kappa shape index (κ1) is 26.1. The van der Waals surface area contributed by atoms with Crippen molar-refractivity contribution in [3.63, 3.8) is 0 Å². The van der Waals surface area contributed by atoms with Gasteiger partial charge in [-0.05, 0) is 49.8 Å². The van der Waals surface area contributed by atoms with Gasteiger partial charge in [0, 0.05) is 13.0 Å². The molecule has 30 heavy (non-hydrogen) atoms. The van der Waals surface area contributed by atoms with E-state index in [1.165, 1.54) is 71.3 Å². The molecule has 0 saturated heterocycles. The molecular formula is C26H43NO3. The molecule has 0 unspecified atom stereocenters. The quantitative estimate of drug-likeness (QED) is 0.199. The number of phenols is 1. The van der Waals surface area contributed by atoms with Crippen LogP contribution in [-0.4, -0.2) is 18.1 Å². The van der Waals surface area contributed by atoms with Crippen LogP contribution in [0.3, 0.4) is 0 Å². The first-order valence-electron chi connectivity index (χ1n) is 11.9. The molecule has 0 heterocycles. The number of aromatic hydroxyl groups is 1. The van der Waals surface area contributed by atoms with E-state index in [2.05, 4.69) is 24.4 Å². The average molecular weight is 418 g/mol. The summed E-state index contributed by atoms with van der Waals surface area (Å²) in [5.41, 5.74) is 0.914. The zero-order valence-corrected chi connectivity index (χ0v) is 19.3. The van der Waals surface area contributed by atoms with E-state index in [9.17, 15) is 9.90 Å². The highest BCUT2D eigenvalue weighted by Gasteiger charge is 2.05. The molecule has 4 heteroatoms. The predicted molar refractivity (Wildman–Crippen MR) is 126 cm³/mol. The van der Waals surface area contributed by atoms with Gasteiger partial charge in [0.15, 0.2) is 11.5 Å². The van der Waals surface area contributed by atoms with Crippen LogP contribution in [0.5, 0.6) is 11.5 Å². The molecule has 0 fully saturated rings. The molecule has 0 aliphatic carbocycles. The molecule has 0 aromatic heterocycles. The minimum atomic E-state index is 0.0701. The summed E-state index contributed by atoms with van der Waals surface area (Å²) in [6.07, 6.45) is 21.7. The first-order valence-corrected chi connectivity index (χ1v) is 11.9. The van der Waals surface area contributed by atoms with Crippen molar-refractivity contribution in [1.29, 1.82) is 0 Å². The third-order valence-corrected chi connectivity index (χ3v) is 5.40. The van der Waals surface area contributed by atoms with Gasteiger partial charge in [0.2, 0.25) is 5.91 Å². The third-order valence-electron chi connectivity index (χ3n) is 5.40. The third kappa shape index (κ3) is 13.3. The van der Waals surface area contributed by atoms with Crippen LogP contribution in [0.2, 0.25) is 0 Å². The van der Waals surface area contributed by atoms with Gasteiger partial charge in [-0.15, -0.1) is 0 Å². The van der Waals surface area contributed by atoms with Crippen LogP contribution in [0.25, 0.3) is 0 Å². The van der Waals surface area contributed by atoms with E-state index in [4.69, 9.17) is 4.74 Å². The monoisotopic (exact) mass is 417 g/mol. The molecule has 0 spiro atoms. The van der Waals surface area contributed by atoms with Gasteiger partial charge in [-0.1, -0.05) is 76.5 Å². The highest BCUT2D eigenvalue weighted by Crippen LogP contribution is 2.26. The van der Waals surface area contributed by atoms with Gasteiger partial charge in [-0.25, -0.2) is 0 Å². The highest BCUT2D eigenvalue weighted by atomic mass is 16.5. The number of nitrogens with one attached hydrogen (secondary N) is 1. The van der Waals surface area contributed by atoms with Crippen molar-refractivity contribution in [2.75, 3.05) is 7.11 Å². The van der Waals surface area contributed by atoms with E-state index >= 15 is 0 Å². The Balaban J connectivity index is 1.94. The fourth-order valence-electron chi connectivity index (χ4n) is 3.48. The van der Waals surface area contributed by atoms with Crippen LogP contribution < -0.4 is 10.1 Å². The molecule has 0 radical (unpaired) electrons. The average Bonchev–Trinajstić information content (AvgIpc) is 2.75. The molecule has 4 nitrogen and oxygen atoms in total. The number of hydrogen-bond acceptors (Lipinski definition) is 3. The van der Waals surface area contributed by atoms with Crippen molar-refractivity contribution < 1.29 is 14.6 Å². The van der Waals surface area contributed by atoms with Crippen molar-refractivity contribution in [1.82, 2.24) is 5.32 Å². The van der Waals surface area contributed by atoms with Crippen LogP contribution >= 0.6 is 0 Å². The van der Waals surface area contributed by atoms with Crippen molar-refractivity contribution in [2.45, 2.75) is 103 Å². The standard InChI is InChI=1S/C26H43NO3/c1-3-4-5-6-7-8-9-10-11-12-13-14-15-16-17-18-26(29)27-22-23-19-20-24(28)25(21-23)30-2/h13-14,19-21,28H,3-12,15-18,22H2,1-2H3,(H,27,29). The zero-order chi connectivity index (χ0) is 21.9. The lowest BCUT2D eigenvalue weighted by Crippen LogP contribution is -2.22. The predicted octanol–water partition coefficient (Wildman–Crippen LogP) is 7.05. The Hall–Kier alpha value is -1.97.